The van der Waals surface area contributed by atoms with Gasteiger partial charge in [-0.15, -0.1) is 24.0 Å². The minimum atomic E-state index is -0.117. The lowest BCUT2D eigenvalue weighted by molar-refractivity contribution is -0.114. The van der Waals surface area contributed by atoms with Gasteiger partial charge in [0, 0.05) is 27.1 Å². The molecule has 0 unspecified atom stereocenters. The molecule has 1 aromatic carbocycles. The van der Waals surface area contributed by atoms with Crippen molar-refractivity contribution in [2.24, 2.45) is 10.9 Å². The fourth-order valence-electron chi connectivity index (χ4n) is 3.63. The zero-order chi connectivity index (χ0) is 19.5. The summed E-state index contributed by atoms with van der Waals surface area (Å²) in [7, 11) is 3.38. The summed E-state index contributed by atoms with van der Waals surface area (Å²) in [6.45, 7) is 3.05. The van der Waals surface area contributed by atoms with Gasteiger partial charge in [-0.2, -0.15) is 0 Å². The molecule has 1 aromatic rings. The minimum Gasteiger partial charge on any atom is -0.495 e. The molecule has 0 atom stereocenters. The summed E-state index contributed by atoms with van der Waals surface area (Å²) in [5.41, 5.74) is 1.73. The Kier molecular flexibility index (Phi) is 11.9. The van der Waals surface area contributed by atoms with Crippen LogP contribution in [0.15, 0.2) is 23.2 Å². The highest BCUT2D eigenvalue weighted by Crippen LogP contribution is 2.27. The number of hydrogen-bond donors (Lipinski definition) is 3. The van der Waals surface area contributed by atoms with Gasteiger partial charge in [0.25, 0.3) is 0 Å². The number of halogens is 1. The van der Waals surface area contributed by atoms with Gasteiger partial charge in [0.05, 0.1) is 12.8 Å². The third kappa shape index (κ3) is 8.67. The number of hydrogen-bond acceptors (Lipinski definition) is 3. The van der Waals surface area contributed by atoms with E-state index in [0.29, 0.717) is 18.0 Å². The van der Waals surface area contributed by atoms with Gasteiger partial charge in [0.1, 0.15) is 5.75 Å². The summed E-state index contributed by atoms with van der Waals surface area (Å²) in [6.07, 6.45) is 9.53. The van der Waals surface area contributed by atoms with E-state index in [4.69, 9.17) is 4.74 Å². The quantitative estimate of drug-likeness (QED) is 0.215. The Morgan fingerprint density at radius 3 is 2.61 bits per heavy atom. The number of aliphatic imine (C=N–C) groups is 1. The molecule has 3 N–H and O–H groups in total. The van der Waals surface area contributed by atoms with Crippen LogP contribution < -0.4 is 20.7 Å². The molecule has 6 nitrogen and oxygen atoms in total. The Morgan fingerprint density at radius 2 is 1.96 bits per heavy atom. The third-order valence-corrected chi connectivity index (χ3v) is 5.06. The zero-order valence-corrected chi connectivity index (χ0v) is 19.7. The maximum absolute atomic E-state index is 11.4. The van der Waals surface area contributed by atoms with Crippen LogP contribution >= 0.6 is 24.0 Å². The van der Waals surface area contributed by atoms with Gasteiger partial charge < -0.3 is 20.7 Å². The van der Waals surface area contributed by atoms with Crippen molar-refractivity contribution < 1.29 is 9.53 Å². The van der Waals surface area contributed by atoms with E-state index in [-0.39, 0.29) is 29.9 Å². The number of nitrogens with zero attached hydrogens (tertiary/aromatic N) is 1. The maximum atomic E-state index is 11.4. The second kappa shape index (κ2) is 13.6. The van der Waals surface area contributed by atoms with Crippen molar-refractivity contribution >= 4 is 41.5 Å². The number of ether oxygens (including phenoxy) is 1. The van der Waals surface area contributed by atoms with Crippen LogP contribution in [0.25, 0.3) is 0 Å². The molecule has 1 fully saturated rings. The molecule has 0 saturated heterocycles. The normalized spacial score (nSPS) is 14.8. The van der Waals surface area contributed by atoms with Crippen LogP contribution in [0.5, 0.6) is 5.75 Å². The van der Waals surface area contributed by atoms with Gasteiger partial charge in [-0.25, -0.2) is 0 Å². The average Bonchev–Trinajstić information content (AvgIpc) is 2.68. The van der Waals surface area contributed by atoms with E-state index in [9.17, 15) is 4.79 Å². The highest BCUT2D eigenvalue weighted by molar-refractivity contribution is 14.0. The number of benzene rings is 1. The standard InChI is InChI=1S/C21H34N4O2.HI/c1-16(26)25-19-14-18(11-12-20(19)27-3)15-24-21(22-2)23-13-7-10-17-8-5-4-6-9-17;/h11-12,14,17H,4-10,13,15H2,1-3H3,(H,25,26)(H2,22,23,24);1H. The van der Waals surface area contributed by atoms with Crippen LogP contribution in [0, 0.1) is 5.92 Å². The molecule has 0 aromatic heterocycles. The summed E-state index contributed by atoms with van der Waals surface area (Å²) >= 11 is 0. The fraction of sp³-hybridized carbons (Fsp3) is 0.619. The third-order valence-electron chi connectivity index (χ3n) is 5.06. The summed E-state index contributed by atoms with van der Waals surface area (Å²) in [6, 6.07) is 5.76. The SMILES string of the molecule is CN=C(NCCCC1CCCCC1)NCc1ccc(OC)c(NC(C)=O)c1.I. The molecule has 2 rings (SSSR count). The molecule has 0 heterocycles. The number of carbonyl (C=O) groups is 1. The molecule has 1 saturated carbocycles. The number of rotatable bonds is 8. The first-order valence-electron chi connectivity index (χ1n) is 10.0. The number of carbonyl (C=O) groups excluding carboxylic acids is 1. The van der Waals surface area contributed by atoms with Gasteiger partial charge in [0.2, 0.25) is 5.91 Å². The van der Waals surface area contributed by atoms with E-state index in [0.717, 1.165) is 24.0 Å². The Balaban J connectivity index is 0.00000392. The van der Waals surface area contributed by atoms with Gasteiger partial charge in [-0.3, -0.25) is 9.79 Å². The molecule has 0 spiro atoms. The highest BCUT2D eigenvalue weighted by atomic mass is 127. The van der Waals surface area contributed by atoms with Crippen molar-refractivity contribution in [2.75, 3.05) is 26.0 Å². The summed E-state index contributed by atoms with van der Waals surface area (Å²) in [4.78, 5) is 15.6. The molecule has 0 bridgehead atoms. The van der Waals surface area contributed by atoms with Crippen LogP contribution in [0.3, 0.4) is 0 Å². The number of guanidine groups is 1. The van der Waals surface area contributed by atoms with Crippen molar-refractivity contribution in [3.8, 4) is 5.75 Å². The van der Waals surface area contributed by atoms with Crippen molar-refractivity contribution in [3.05, 3.63) is 23.8 Å². The smallest absolute Gasteiger partial charge is 0.221 e. The lowest BCUT2D eigenvalue weighted by Gasteiger charge is -2.21. The number of nitrogens with one attached hydrogen (secondary N) is 3. The van der Waals surface area contributed by atoms with E-state index in [1.54, 1.807) is 14.2 Å². The van der Waals surface area contributed by atoms with Crippen LogP contribution in [0.4, 0.5) is 5.69 Å². The van der Waals surface area contributed by atoms with Crippen molar-refractivity contribution in [2.45, 2.75) is 58.4 Å². The van der Waals surface area contributed by atoms with Crippen molar-refractivity contribution in [3.63, 3.8) is 0 Å². The maximum Gasteiger partial charge on any atom is 0.221 e. The molecule has 28 heavy (non-hydrogen) atoms. The lowest BCUT2D eigenvalue weighted by atomic mass is 9.86. The largest absolute Gasteiger partial charge is 0.495 e. The Bertz CT molecular complexity index is 631. The Morgan fingerprint density at radius 1 is 1.21 bits per heavy atom. The lowest BCUT2D eigenvalue weighted by Crippen LogP contribution is -2.37. The van der Waals surface area contributed by atoms with Crippen LogP contribution in [0.2, 0.25) is 0 Å². The second-order valence-electron chi connectivity index (χ2n) is 7.21. The average molecular weight is 502 g/mol. The number of anilines is 1. The Hall–Kier alpha value is -1.51. The topological polar surface area (TPSA) is 74.8 Å². The molecule has 0 aliphatic heterocycles. The van der Waals surface area contributed by atoms with Crippen LogP contribution in [-0.2, 0) is 11.3 Å². The molecular formula is C21H35IN4O2. The zero-order valence-electron chi connectivity index (χ0n) is 17.3. The number of methoxy groups -OCH3 is 1. The van der Waals surface area contributed by atoms with Gasteiger partial charge in [-0.05, 0) is 36.5 Å². The summed E-state index contributed by atoms with van der Waals surface area (Å²) < 4.78 is 5.29. The van der Waals surface area contributed by atoms with Gasteiger partial charge in [0.15, 0.2) is 5.96 Å². The van der Waals surface area contributed by atoms with E-state index in [1.165, 1.54) is 51.9 Å². The minimum absolute atomic E-state index is 0. The molecular weight excluding hydrogens is 467 g/mol. The van der Waals surface area contributed by atoms with Crippen LogP contribution in [0.1, 0.15) is 57.4 Å². The number of amides is 1. The molecule has 1 amide bonds. The summed E-state index contributed by atoms with van der Waals surface area (Å²) in [5.74, 6) is 2.26. The van der Waals surface area contributed by atoms with Gasteiger partial charge in [-0.1, -0.05) is 38.2 Å². The summed E-state index contributed by atoms with van der Waals surface area (Å²) in [5, 5.41) is 9.52. The van der Waals surface area contributed by atoms with Crippen molar-refractivity contribution in [1.82, 2.24) is 10.6 Å². The second-order valence-corrected chi connectivity index (χ2v) is 7.21. The van der Waals surface area contributed by atoms with E-state index in [2.05, 4.69) is 20.9 Å². The predicted molar refractivity (Wildman–Crippen MR) is 127 cm³/mol. The molecule has 1 aliphatic carbocycles. The highest BCUT2D eigenvalue weighted by Gasteiger charge is 2.12. The van der Waals surface area contributed by atoms with E-state index >= 15 is 0 Å². The first-order valence-corrected chi connectivity index (χ1v) is 10.0. The molecule has 0 radical (unpaired) electrons. The van der Waals surface area contributed by atoms with Crippen molar-refractivity contribution in [1.29, 1.82) is 0 Å². The molecule has 1 aliphatic rings. The molecule has 158 valence electrons. The monoisotopic (exact) mass is 502 g/mol. The Labute approximate surface area is 186 Å². The van der Waals surface area contributed by atoms with Crippen LogP contribution in [-0.4, -0.2) is 32.6 Å². The van der Waals surface area contributed by atoms with Gasteiger partial charge >= 0.3 is 0 Å². The fourth-order valence-corrected chi connectivity index (χ4v) is 3.63. The first kappa shape index (κ1) is 24.5. The van der Waals surface area contributed by atoms with E-state index < -0.39 is 0 Å². The predicted octanol–water partition coefficient (Wildman–Crippen LogP) is 4.30. The van der Waals surface area contributed by atoms with E-state index in [1.807, 2.05) is 18.2 Å². The first-order chi connectivity index (χ1) is 13.1. The molecule has 7 heteroatoms.